The molecule has 0 radical (unpaired) electrons. The van der Waals surface area contributed by atoms with E-state index < -0.39 is 5.41 Å². The van der Waals surface area contributed by atoms with Gasteiger partial charge >= 0.3 is 0 Å². The summed E-state index contributed by atoms with van der Waals surface area (Å²) in [5, 5.41) is 38.2. The standard InChI is InChI=1S/C53H28N4/c54-29-33-1-9-37(10-2-33)41-17-21-45-46-22-18-42(38-11-3-34(30-55)4-12-38)26-50(46)53(49(45)25-41)51-27-43(39-13-5-35(31-56)6-14-39)19-23-47(51)48-24-20-44(28-52(48)53)40-15-7-36(32-57)8-16-40/h1-28H. The summed E-state index contributed by atoms with van der Waals surface area (Å²) in [4.78, 5) is 0. The van der Waals surface area contributed by atoms with E-state index in [1.54, 1.807) is 0 Å². The van der Waals surface area contributed by atoms with Crippen molar-refractivity contribution in [3.05, 3.63) is 214 Å². The number of benzene rings is 8. The summed E-state index contributed by atoms with van der Waals surface area (Å²) in [6, 6.07) is 67.0. The van der Waals surface area contributed by atoms with Crippen molar-refractivity contribution in [2.45, 2.75) is 5.41 Å². The van der Waals surface area contributed by atoms with E-state index in [0.29, 0.717) is 22.3 Å². The Kier molecular flexibility index (Phi) is 7.56. The van der Waals surface area contributed by atoms with E-state index in [4.69, 9.17) is 0 Å². The molecule has 0 atom stereocenters. The number of rotatable bonds is 4. The Hall–Kier alpha value is -8.28. The highest BCUT2D eigenvalue weighted by Crippen LogP contribution is 2.64. The maximum atomic E-state index is 9.55. The Morgan fingerprint density at radius 1 is 0.246 bits per heavy atom. The summed E-state index contributed by atoms with van der Waals surface area (Å²) in [6.07, 6.45) is 0. The van der Waals surface area contributed by atoms with Gasteiger partial charge in [-0.2, -0.15) is 21.0 Å². The molecule has 0 saturated carbocycles. The maximum Gasteiger partial charge on any atom is 0.0991 e. The molecule has 8 aromatic rings. The largest absolute Gasteiger partial charge is 0.192 e. The molecule has 8 aromatic carbocycles. The summed E-state index contributed by atoms with van der Waals surface area (Å²) in [6.45, 7) is 0. The van der Waals surface area contributed by atoms with Crippen molar-refractivity contribution in [3.63, 3.8) is 0 Å². The molecule has 0 saturated heterocycles. The van der Waals surface area contributed by atoms with Crippen LogP contribution in [0.1, 0.15) is 44.5 Å². The normalized spacial score (nSPS) is 12.3. The molecule has 2 aliphatic rings. The molecule has 4 heteroatoms. The Balaban J connectivity index is 1.29. The third-order valence-corrected chi connectivity index (χ3v) is 11.7. The van der Waals surface area contributed by atoms with Gasteiger partial charge in [0.15, 0.2) is 0 Å². The van der Waals surface area contributed by atoms with E-state index in [1.807, 2.05) is 97.1 Å². The van der Waals surface area contributed by atoms with Crippen LogP contribution in [-0.2, 0) is 5.41 Å². The lowest BCUT2D eigenvalue weighted by Gasteiger charge is -2.32. The Bertz CT molecular complexity index is 2690. The molecular weight excluding hydrogens is 693 g/mol. The van der Waals surface area contributed by atoms with Gasteiger partial charge in [-0.3, -0.25) is 0 Å². The van der Waals surface area contributed by atoms with E-state index in [2.05, 4.69) is 97.1 Å². The SMILES string of the molecule is N#Cc1ccc(-c2ccc3c(c2)C2(c4cc(-c5ccc(C#N)cc5)ccc4-3)c3cc(-c4ccc(C#N)cc4)ccc3-c3ccc(-c4ccc(C#N)cc4)cc32)cc1. The molecule has 260 valence electrons. The van der Waals surface area contributed by atoms with Gasteiger partial charge in [0.25, 0.3) is 0 Å². The summed E-state index contributed by atoms with van der Waals surface area (Å²) in [7, 11) is 0. The smallest absolute Gasteiger partial charge is 0.0991 e. The maximum absolute atomic E-state index is 9.55. The van der Waals surface area contributed by atoms with Crippen LogP contribution in [0.3, 0.4) is 0 Å². The van der Waals surface area contributed by atoms with Crippen molar-refractivity contribution in [3.8, 4) is 91.0 Å². The lowest BCUT2D eigenvalue weighted by Crippen LogP contribution is -2.26. The van der Waals surface area contributed by atoms with Crippen LogP contribution in [0.15, 0.2) is 170 Å². The first-order valence-corrected chi connectivity index (χ1v) is 18.6. The van der Waals surface area contributed by atoms with Gasteiger partial charge in [-0.25, -0.2) is 0 Å². The van der Waals surface area contributed by atoms with Gasteiger partial charge < -0.3 is 0 Å². The molecule has 57 heavy (non-hydrogen) atoms. The van der Waals surface area contributed by atoms with Gasteiger partial charge in [0, 0.05) is 0 Å². The molecule has 0 fully saturated rings. The van der Waals surface area contributed by atoms with Gasteiger partial charge in [0.2, 0.25) is 0 Å². The van der Waals surface area contributed by atoms with Gasteiger partial charge in [0.1, 0.15) is 0 Å². The van der Waals surface area contributed by atoms with Crippen LogP contribution >= 0.6 is 0 Å². The molecule has 0 aliphatic heterocycles. The van der Waals surface area contributed by atoms with E-state index in [1.165, 1.54) is 22.3 Å². The van der Waals surface area contributed by atoms with Crippen molar-refractivity contribution in [1.29, 1.82) is 21.0 Å². The van der Waals surface area contributed by atoms with Gasteiger partial charge in [0.05, 0.1) is 51.9 Å². The second-order valence-electron chi connectivity index (χ2n) is 14.5. The molecule has 1 spiro atoms. The molecule has 0 amide bonds. The first-order valence-electron chi connectivity index (χ1n) is 18.6. The summed E-state index contributed by atoms with van der Waals surface area (Å²) in [5.41, 5.74) is 19.3. The first kappa shape index (κ1) is 33.3. The zero-order chi connectivity index (χ0) is 38.7. The Morgan fingerprint density at radius 2 is 0.439 bits per heavy atom. The average Bonchev–Trinajstić information content (AvgIpc) is 3.74. The van der Waals surface area contributed by atoms with Crippen molar-refractivity contribution in [2.24, 2.45) is 0 Å². The monoisotopic (exact) mass is 720 g/mol. The second-order valence-corrected chi connectivity index (χ2v) is 14.5. The lowest BCUT2D eigenvalue weighted by molar-refractivity contribution is 0.795. The number of hydrogen-bond acceptors (Lipinski definition) is 4. The summed E-state index contributed by atoms with van der Waals surface area (Å²) >= 11 is 0. The molecule has 10 rings (SSSR count). The number of nitriles is 4. The van der Waals surface area contributed by atoms with Crippen molar-refractivity contribution in [2.75, 3.05) is 0 Å². The Labute approximate surface area is 330 Å². The van der Waals surface area contributed by atoms with E-state index in [-0.39, 0.29) is 0 Å². The van der Waals surface area contributed by atoms with Crippen molar-refractivity contribution in [1.82, 2.24) is 0 Å². The van der Waals surface area contributed by atoms with Crippen LogP contribution in [0, 0.1) is 45.3 Å². The topological polar surface area (TPSA) is 95.2 Å². The fourth-order valence-corrected chi connectivity index (χ4v) is 8.90. The van der Waals surface area contributed by atoms with Gasteiger partial charge in [-0.1, -0.05) is 97.1 Å². The molecule has 2 aliphatic carbocycles. The predicted molar refractivity (Wildman–Crippen MR) is 223 cm³/mol. The molecule has 0 N–H and O–H groups in total. The fraction of sp³-hybridized carbons (Fsp3) is 0.0189. The minimum absolute atomic E-state index is 0.614. The van der Waals surface area contributed by atoms with Crippen LogP contribution in [0.25, 0.3) is 66.8 Å². The molecule has 0 heterocycles. The van der Waals surface area contributed by atoms with Crippen molar-refractivity contribution >= 4 is 0 Å². The predicted octanol–water partition coefficient (Wildman–Crippen LogP) is 12.2. The van der Waals surface area contributed by atoms with Crippen LogP contribution < -0.4 is 0 Å². The lowest BCUT2D eigenvalue weighted by atomic mass is 9.69. The van der Waals surface area contributed by atoms with Gasteiger partial charge in [-0.05, 0) is 162 Å². The Morgan fingerprint density at radius 3 is 0.632 bits per heavy atom. The quantitative estimate of drug-likeness (QED) is 0.181. The highest BCUT2D eigenvalue weighted by molar-refractivity contribution is 5.98. The highest BCUT2D eigenvalue weighted by atomic mass is 14.5. The van der Waals surface area contributed by atoms with Crippen LogP contribution in [0.2, 0.25) is 0 Å². The average molecular weight is 721 g/mol. The molecule has 0 bridgehead atoms. The fourth-order valence-electron chi connectivity index (χ4n) is 8.90. The third-order valence-electron chi connectivity index (χ3n) is 11.7. The van der Waals surface area contributed by atoms with Crippen LogP contribution in [-0.4, -0.2) is 0 Å². The molecule has 0 aromatic heterocycles. The zero-order valence-corrected chi connectivity index (χ0v) is 30.5. The summed E-state index contributed by atoms with van der Waals surface area (Å²) < 4.78 is 0. The number of hydrogen-bond donors (Lipinski definition) is 0. The minimum atomic E-state index is -0.730. The second kappa shape index (κ2) is 12.9. The van der Waals surface area contributed by atoms with E-state index >= 15 is 0 Å². The highest BCUT2D eigenvalue weighted by Gasteiger charge is 2.52. The minimum Gasteiger partial charge on any atom is -0.192 e. The van der Waals surface area contributed by atoms with Crippen LogP contribution in [0.4, 0.5) is 0 Å². The van der Waals surface area contributed by atoms with E-state index in [0.717, 1.165) is 66.8 Å². The van der Waals surface area contributed by atoms with Crippen molar-refractivity contribution < 1.29 is 0 Å². The van der Waals surface area contributed by atoms with E-state index in [9.17, 15) is 21.0 Å². The zero-order valence-electron chi connectivity index (χ0n) is 30.5. The summed E-state index contributed by atoms with van der Waals surface area (Å²) in [5.74, 6) is 0. The number of nitrogens with zero attached hydrogens (tertiary/aromatic N) is 4. The first-order chi connectivity index (χ1) is 28.0. The third kappa shape index (κ3) is 5.11. The number of fused-ring (bicyclic) bond motifs is 10. The molecule has 0 unspecified atom stereocenters. The molecular formula is C53H28N4. The van der Waals surface area contributed by atoms with Gasteiger partial charge in [-0.15, -0.1) is 0 Å². The van der Waals surface area contributed by atoms with Crippen LogP contribution in [0.5, 0.6) is 0 Å². The molecule has 4 nitrogen and oxygen atoms in total.